The van der Waals surface area contributed by atoms with Crippen LogP contribution in [0.5, 0.6) is 0 Å². The minimum atomic E-state index is -0.150. The fraction of sp³-hybridized carbons (Fsp3) is 0.300. The number of thiazole rings is 1. The highest BCUT2D eigenvalue weighted by atomic mass is 32.2. The number of aromatic nitrogens is 3. The molecule has 1 aliphatic heterocycles. The average molecular weight is 413 g/mol. The summed E-state index contributed by atoms with van der Waals surface area (Å²) in [7, 11) is 0. The molecule has 3 heterocycles. The zero-order valence-corrected chi connectivity index (χ0v) is 17.3. The number of amides is 1. The van der Waals surface area contributed by atoms with Crippen LogP contribution < -0.4 is 10.9 Å². The monoisotopic (exact) mass is 412 g/mol. The minimum Gasteiger partial charge on any atom is -0.351 e. The summed E-state index contributed by atoms with van der Waals surface area (Å²) in [6.07, 6.45) is 0.272. The smallest absolute Gasteiger partial charge is 0.254 e. The van der Waals surface area contributed by atoms with Gasteiger partial charge in [0.25, 0.3) is 5.56 Å². The van der Waals surface area contributed by atoms with Gasteiger partial charge < -0.3 is 5.32 Å². The van der Waals surface area contributed by atoms with Gasteiger partial charge in [-0.05, 0) is 13.8 Å². The van der Waals surface area contributed by atoms with Crippen molar-refractivity contribution in [3.8, 4) is 10.6 Å². The zero-order valence-electron chi connectivity index (χ0n) is 15.6. The van der Waals surface area contributed by atoms with Gasteiger partial charge in [0, 0.05) is 34.4 Å². The Bertz CT molecular complexity index is 1080. The number of hydrogen-bond donors (Lipinski definition) is 1. The van der Waals surface area contributed by atoms with Crippen LogP contribution >= 0.6 is 23.1 Å². The summed E-state index contributed by atoms with van der Waals surface area (Å²) in [6.45, 7) is 4.22. The highest BCUT2D eigenvalue weighted by Crippen LogP contribution is 2.32. The van der Waals surface area contributed by atoms with Crippen LogP contribution in [0.15, 0.2) is 46.3 Å². The van der Waals surface area contributed by atoms with Gasteiger partial charge in [-0.3, -0.25) is 14.2 Å². The number of benzene rings is 1. The molecule has 0 fully saturated rings. The standard InChI is InChI=1S/C20H20N4O2S2/c1-12-8-18(26)24-15(11-27-20(24)22-12)9-17(25)21-10-16-13(2)23-19(28-16)14-6-4-3-5-7-14/h3-8,15H,9-11H2,1-2H3,(H,21,25). The van der Waals surface area contributed by atoms with Gasteiger partial charge in [0.1, 0.15) is 5.01 Å². The predicted octanol–water partition coefficient (Wildman–Crippen LogP) is 3.34. The van der Waals surface area contributed by atoms with E-state index >= 15 is 0 Å². The number of aryl methyl sites for hydroxylation is 2. The molecule has 1 atom stereocenters. The molecule has 0 aliphatic carbocycles. The van der Waals surface area contributed by atoms with Crippen LogP contribution in [0.1, 0.15) is 28.7 Å². The average Bonchev–Trinajstić information content (AvgIpc) is 3.24. The van der Waals surface area contributed by atoms with E-state index in [0.29, 0.717) is 23.1 Å². The number of nitrogens with one attached hydrogen (secondary N) is 1. The summed E-state index contributed by atoms with van der Waals surface area (Å²) in [5, 5.41) is 4.64. The number of rotatable bonds is 5. The molecular weight excluding hydrogens is 392 g/mol. The Labute approximate surface area is 171 Å². The van der Waals surface area contributed by atoms with E-state index in [-0.39, 0.29) is 23.9 Å². The van der Waals surface area contributed by atoms with Crippen molar-refractivity contribution < 1.29 is 4.79 Å². The molecule has 144 valence electrons. The first kappa shape index (κ1) is 18.9. The van der Waals surface area contributed by atoms with Gasteiger partial charge in [0.05, 0.1) is 18.3 Å². The maximum Gasteiger partial charge on any atom is 0.254 e. The van der Waals surface area contributed by atoms with E-state index in [1.807, 2.05) is 44.2 Å². The molecule has 1 amide bonds. The van der Waals surface area contributed by atoms with Crippen molar-refractivity contribution in [2.24, 2.45) is 0 Å². The fourth-order valence-electron chi connectivity index (χ4n) is 3.17. The number of nitrogens with zero attached hydrogens (tertiary/aromatic N) is 3. The van der Waals surface area contributed by atoms with Gasteiger partial charge in [0.2, 0.25) is 5.91 Å². The van der Waals surface area contributed by atoms with E-state index in [1.165, 1.54) is 17.8 Å². The molecule has 0 bridgehead atoms. The molecule has 1 aliphatic rings. The van der Waals surface area contributed by atoms with Crippen molar-refractivity contribution in [2.45, 2.75) is 38.0 Å². The number of carbonyl (C=O) groups is 1. The lowest BCUT2D eigenvalue weighted by atomic mass is 10.2. The number of carbonyl (C=O) groups excluding carboxylic acids is 1. The fourth-order valence-corrected chi connectivity index (χ4v) is 5.38. The first-order chi connectivity index (χ1) is 13.5. The summed E-state index contributed by atoms with van der Waals surface area (Å²) in [6, 6.07) is 11.4. The van der Waals surface area contributed by atoms with Crippen molar-refractivity contribution in [1.82, 2.24) is 19.9 Å². The molecule has 2 aromatic heterocycles. The van der Waals surface area contributed by atoms with Gasteiger partial charge in [-0.25, -0.2) is 9.97 Å². The first-order valence-corrected chi connectivity index (χ1v) is 10.8. The quantitative estimate of drug-likeness (QED) is 0.651. The molecule has 0 radical (unpaired) electrons. The highest BCUT2D eigenvalue weighted by Gasteiger charge is 2.27. The molecule has 0 saturated heterocycles. The molecule has 1 unspecified atom stereocenters. The van der Waals surface area contributed by atoms with Crippen molar-refractivity contribution in [3.63, 3.8) is 0 Å². The second kappa shape index (κ2) is 7.89. The Morgan fingerprint density at radius 3 is 2.82 bits per heavy atom. The SMILES string of the molecule is Cc1cc(=O)n2c(n1)SCC2CC(=O)NCc1sc(-c2ccccc2)nc1C. The predicted molar refractivity (Wildman–Crippen MR) is 112 cm³/mol. The van der Waals surface area contributed by atoms with Crippen LogP contribution in [0.4, 0.5) is 0 Å². The number of hydrogen-bond acceptors (Lipinski definition) is 6. The lowest BCUT2D eigenvalue weighted by molar-refractivity contribution is -0.121. The Morgan fingerprint density at radius 2 is 2.04 bits per heavy atom. The molecule has 6 nitrogen and oxygen atoms in total. The Balaban J connectivity index is 1.40. The van der Waals surface area contributed by atoms with Crippen LogP contribution in [0.3, 0.4) is 0 Å². The minimum absolute atomic E-state index is 0.0695. The topological polar surface area (TPSA) is 76.9 Å². The summed E-state index contributed by atoms with van der Waals surface area (Å²) in [5.41, 5.74) is 2.64. The normalized spacial score (nSPS) is 15.4. The van der Waals surface area contributed by atoms with E-state index in [0.717, 1.165) is 21.1 Å². The first-order valence-electron chi connectivity index (χ1n) is 9.02. The van der Waals surface area contributed by atoms with Crippen molar-refractivity contribution in [3.05, 3.63) is 63.0 Å². The van der Waals surface area contributed by atoms with Crippen LogP contribution in [0.2, 0.25) is 0 Å². The Morgan fingerprint density at radius 1 is 1.25 bits per heavy atom. The maximum atomic E-state index is 12.5. The van der Waals surface area contributed by atoms with Crippen LogP contribution in [-0.4, -0.2) is 26.2 Å². The molecule has 3 aromatic rings. The highest BCUT2D eigenvalue weighted by molar-refractivity contribution is 7.99. The number of fused-ring (bicyclic) bond motifs is 1. The van der Waals surface area contributed by atoms with Gasteiger partial charge >= 0.3 is 0 Å². The second-order valence-electron chi connectivity index (χ2n) is 6.73. The van der Waals surface area contributed by atoms with E-state index in [4.69, 9.17) is 0 Å². The van der Waals surface area contributed by atoms with Gasteiger partial charge in [-0.2, -0.15) is 0 Å². The second-order valence-corrected chi connectivity index (χ2v) is 8.80. The van der Waals surface area contributed by atoms with Crippen molar-refractivity contribution in [1.29, 1.82) is 0 Å². The molecule has 0 spiro atoms. The van der Waals surface area contributed by atoms with Crippen LogP contribution in [0.25, 0.3) is 10.6 Å². The van der Waals surface area contributed by atoms with E-state index < -0.39 is 0 Å². The number of thioether (sulfide) groups is 1. The molecule has 0 saturated carbocycles. The molecular formula is C20H20N4O2S2. The lowest BCUT2D eigenvalue weighted by Gasteiger charge is -2.13. The van der Waals surface area contributed by atoms with E-state index in [9.17, 15) is 9.59 Å². The zero-order chi connectivity index (χ0) is 19.7. The third-order valence-electron chi connectivity index (χ3n) is 4.60. The Hall–Kier alpha value is -2.45. The van der Waals surface area contributed by atoms with Gasteiger partial charge in [0.15, 0.2) is 5.16 Å². The van der Waals surface area contributed by atoms with Crippen LogP contribution in [-0.2, 0) is 11.3 Å². The molecule has 1 N–H and O–H groups in total. The molecule has 1 aromatic carbocycles. The molecule has 4 rings (SSSR count). The molecule has 8 heteroatoms. The van der Waals surface area contributed by atoms with Crippen molar-refractivity contribution >= 4 is 29.0 Å². The van der Waals surface area contributed by atoms with Gasteiger partial charge in [-0.15, -0.1) is 11.3 Å². The largest absolute Gasteiger partial charge is 0.351 e. The third-order valence-corrected chi connectivity index (χ3v) is 6.90. The van der Waals surface area contributed by atoms with Gasteiger partial charge in [-0.1, -0.05) is 42.1 Å². The summed E-state index contributed by atoms with van der Waals surface area (Å²) in [5.74, 6) is 0.622. The van der Waals surface area contributed by atoms with Crippen LogP contribution in [0, 0.1) is 13.8 Å². The lowest BCUT2D eigenvalue weighted by Crippen LogP contribution is -2.30. The summed E-state index contributed by atoms with van der Waals surface area (Å²) < 4.78 is 1.64. The summed E-state index contributed by atoms with van der Waals surface area (Å²) in [4.78, 5) is 34.8. The Kier molecular flexibility index (Phi) is 5.32. The summed E-state index contributed by atoms with van der Waals surface area (Å²) >= 11 is 3.12. The van der Waals surface area contributed by atoms with Crippen molar-refractivity contribution in [2.75, 3.05) is 5.75 Å². The van der Waals surface area contributed by atoms with E-state index in [1.54, 1.807) is 15.9 Å². The van der Waals surface area contributed by atoms with E-state index in [2.05, 4.69) is 15.3 Å². The molecule has 28 heavy (non-hydrogen) atoms. The maximum absolute atomic E-state index is 12.5. The third kappa shape index (κ3) is 3.88.